The molecule has 0 fully saturated rings. The smallest absolute Gasteiger partial charge is 0.212 e. The number of halogens is 1. The molecule has 0 saturated heterocycles. The van der Waals surface area contributed by atoms with E-state index < -0.39 is 10.0 Å². The summed E-state index contributed by atoms with van der Waals surface area (Å²) >= 11 is 4.46. The van der Waals surface area contributed by atoms with Crippen LogP contribution < -0.4 is 4.72 Å². The van der Waals surface area contributed by atoms with Gasteiger partial charge in [0.1, 0.15) is 4.66 Å². The summed E-state index contributed by atoms with van der Waals surface area (Å²) in [6.45, 7) is 1.83. The monoisotopic (exact) mass is 283 g/mol. The largest absolute Gasteiger partial charge is 0.222 e. The van der Waals surface area contributed by atoms with Gasteiger partial charge in [-0.25, -0.2) is 13.1 Å². The third-order valence-electron chi connectivity index (χ3n) is 1.47. The minimum atomic E-state index is -3.17. The van der Waals surface area contributed by atoms with Crippen molar-refractivity contribution in [3.63, 3.8) is 0 Å². The Bertz CT molecular complexity index is 347. The Labute approximate surface area is 90.3 Å². The van der Waals surface area contributed by atoms with Crippen molar-refractivity contribution in [1.29, 1.82) is 0 Å². The molecule has 0 bridgehead atoms. The van der Waals surface area contributed by atoms with Crippen molar-refractivity contribution in [2.75, 3.05) is 4.66 Å². The van der Waals surface area contributed by atoms with Gasteiger partial charge in [-0.15, -0.1) is 11.3 Å². The molecule has 1 aromatic heterocycles. The average molecular weight is 284 g/mol. The van der Waals surface area contributed by atoms with E-state index >= 15 is 0 Å². The van der Waals surface area contributed by atoms with Crippen molar-refractivity contribution in [1.82, 2.24) is 4.72 Å². The Hall–Kier alpha value is 0.0900. The van der Waals surface area contributed by atoms with E-state index in [1.54, 1.807) is 0 Å². The van der Waals surface area contributed by atoms with Crippen LogP contribution in [0.2, 0.25) is 0 Å². The average Bonchev–Trinajstić information content (AvgIpc) is 2.55. The summed E-state index contributed by atoms with van der Waals surface area (Å²) in [7, 11) is -3.17. The molecule has 1 N–H and O–H groups in total. The fourth-order valence-electron chi connectivity index (χ4n) is 0.897. The van der Waals surface area contributed by atoms with Gasteiger partial charge in [-0.3, -0.25) is 0 Å². The van der Waals surface area contributed by atoms with Gasteiger partial charge in [0.2, 0.25) is 10.0 Å². The molecule has 3 nitrogen and oxygen atoms in total. The predicted octanol–water partition coefficient (Wildman–Crippen LogP) is 2.08. The molecular weight excluding hydrogens is 274 g/mol. The van der Waals surface area contributed by atoms with Crippen LogP contribution >= 0.6 is 27.3 Å². The van der Waals surface area contributed by atoms with Crippen LogP contribution in [0.4, 0.5) is 0 Å². The molecule has 0 aliphatic carbocycles. The second kappa shape index (κ2) is 4.54. The Morgan fingerprint density at radius 3 is 2.85 bits per heavy atom. The fraction of sp³-hybridized carbons (Fsp3) is 0.429. The van der Waals surface area contributed by atoms with Crippen LogP contribution in [0.3, 0.4) is 0 Å². The van der Waals surface area contributed by atoms with Crippen molar-refractivity contribution < 1.29 is 8.42 Å². The number of hydrogen-bond donors (Lipinski definition) is 1. The highest BCUT2D eigenvalue weighted by atomic mass is 79.9. The van der Waals surface area contributed by atoms with Gasteiger partial charge in [0.05, 0.1) is 6.04 Å². The van der Waals surface area contributed by atoms with Crippen LogP contribution in [0.5, 0.6) is 0 Å². The maximum absolute atomic E-state index is 11.2. The Morgan fingerprint density at radius 1 is 1.69 bits per heavy atom. The van der Waals surface area contributed by atoms with Crippen LogP contribution in [-0.2, 0) is 10.0 Å². The number of nitrogens with one attached hydrogen (secondary N) is 1. The van der Waals surface area contributed by atoms with Crippen LogP contribution in [-0.4, -0.2) is 13.1 Å². The number of alkyl halides is 1. The summed E-state index contributed by atoms with van der Waals surface area (Å²) in [6, 6.07) is 3.66. The first-order valence-corrected chi connectivity index (χ1v) is 7.30. The molecule has 0 saturated carbocycles. The summed E-state index contributed by atoms with van der Waals surface area (Å²) in [5, 5.41) is 1.92. The molecule has 0 aliphatic rings. The van der Waals surface area contributed by atoms with E-state index in [1.807, 2.05) is 24.4 Å². The van der Waals surface area contributed by atoms with Gasteiger partial charge < -0.3 is 0 Å². The molecule has 1 atom stereocenters. The molecular formula is C7H10BrNO2S2. The third-order valence-corrected chi connectivity index (χ3v) is 5.33. The van der Waals surface area contributed by atoms with E-state index in [0.29, 0.717) is 0 Å². The number of rotatable bonds is 4. The molecule has 0 amide bonds. The Balaban J connectivity index is 2.67. The van der Waals surface area contributed by atoms with Gasteiger partial charge in [-0.1, -0.05) is 22.0 Å². The van der Waals surface area contributed by atoms with Gasteiger partial charge in [-0.2, -0.15) is 0 Å². The first kappa shape index (κ1) is 11.2. The Morgan fingerprint density at radius 2 is 2.38 bits per heavy atom. The number of hydrogen-bond acceptors (Lipinski definition) is 3. The lowest BCUT2D eigenvalue weighted by Crippen LogP contribution is -2.26. The van der Waals surface area contributed by atoms with Crippen LogP contribution in [0.1, 0.15) is 17.8 Å². The fourth-order valence-corrected chi connectivity index (χ4v) is 2.83. The summed E-state index contributed by atoms with van der Waals surface area (Å²) < 4.78 is 24.8. The Kier molecular flexibility index (Phi) is 3.90. The van der Waals surface area contributed by atoms with E-state index in [4.69, 9.17) is 0 Å². The molecule has 13 heavy (non-hydrogen) atoms. The highest BCUT2D eigenvalue weighted by Gasteiger charge is 2.14. The minimum absolute atomic E-state index is 0.0598. The second-order valence-electron chi connectivity index (χ2n) is 2.58. The predicted molar refractivity (Wildman–Crippen MR) is 58.6 cm³/mol. The van der Waals surface area contributed by atoms with Gasteiger partial charge in [0, 0.05) is 4.88 Å². The first-order chi connectivity index (χ1) is 6.05. The molecule has 0 radical (unpaired) electrons. The molecule has 1 rings (SSSR count). The highest BCUT2D eigenvalue weighted by molar-refractivity contribution is 9.10. The zero-order chi connectivity index (χ0) is 9.90. The van der Waals surface area contributed by atoms with E-state index in [-0.39, 0.29) is 10.7 Å². The van der Waals surface area contributed by atoms with E-state index in [1.165, 1.54) is 11.3 Å². The van der Waals surface area contributed by atoms with E-state index in [2.05, 4.69) is 20.7 Å². The summed E-state index contributed by atoms with van der Waals surface area (Å²) in [4.78, 5) is 1.02. The van der Waals surface area contributed by atoms with Crippen molar-refractivity contribution >= 4 is 37.3 Å². The molecule has 1 heterocycles. The van der Waals surface area contributed by atoms with Crippen LogP contribution in [0.15, 0.2) is 17.5 Å². The van der Waals surface area contributed by atoms with E-state index in [0.717, 1.165) is 4.88 Å². The van der Waals surface area contributed by atoms with E-state index in [9.17, 15) is 8.42 Å². The van der Waals surface area contributed by atoms with Crippen molar-refractivity contribution in [3.8, 4) is 0 Å². The maximum Gasteiger partial charge on any atom is 0.222 e. The van der Waals surface area contributed by atoms with Crippen molar-refractivity contribution in [2.24, 2.45) is 0 Å². The summed E-state index contributed by atoms with van der Waals surface area (Å²) in [5.41, 5.74) is 0. The molecule has 1 aromatic rings. The summed E-state index contributed by atoms with van der Waals surface area (Å²) in [5.74, 6) is 0. The maximum atomic E-state index is 11.2. The molecule has 74 valence electrons. The lowest BCUT2D eigenvalue weighted by Gasteiger charge is -2.10. The van der Waals surface area contributed by atoms with Crippen molar-refractivity contribution in [3.05, 3.63) is 22.4 Å². The van der Waals surface area contributed by atoms with Crippen LogP contribution in [0.25, 0.3) is 0 Å². The number of sulfonamides is 1. The van der Waals surface area contributed by atoms with Gasteiger partial charge in [-0.05, 0) is 18.4 Å². The standard InChI is InChI=1S/C7H10BrNO2S2/c1-6(7-3-2-4-12-7)9-13(10,11)5-8/h2-4,6,9H,5H2,1H3. The van der Waals surface area contributed by atoms with Gasteiger partial charge in [0.25, 0.3) is 0 Å². The molecule has 6 heteroatoms. The van der Waals surface area contributed by atoms with Gasteiger partial charge in [0.15, 0.2) is 0 Å². The molecule has 1 unspecified atom stereocenters. The second-order valence-corrected chi connectivity index (χ2v) is 6.62. The SMILES string of the molecule is CC(NS(=O)(=O)CBr)c1cccs1. The van der Waals surface area contributed by atoms with Gasteiger partial charge >= 0.3 is 0 Å². The summed E-state index contributed by atoms with van der Waals surface area (Å²) in [6.07, 6.45) is 0. The van der Waals surface area contributed by atoms with Crippen molar-refractivity contribution in [2.45, 2.75) is 13.0 Å². The topological polar surface area (TPSA) is 46.2 Å². The normalized spacial score (nSPS) is 14.3. The zero-order valence-corrected chi connectivity index (χ0v) is 10.2. The first-order valence-electron chi connectivity index (χ1n) is 3.64. The lowest BCUT2D eigenvalue weighted by atomic mass is 10.3. The van der Waals surface area contributed by atoms with Crippen LogP contribution in [0, 0.1) is 0 Å². The zero-order valence-electron chi connectivity index (χ0n) is 7.03. The molecule has 0 aliphatic heterocycles. The number of thiophene rings is 1. The molecule has 0 aromatic carbocycles. The highest BCUT2D eigenvalue weighted by Crippen LogP contribution is 2.18. The minimum Gasteiger partial charge on any atom is -0.212 e. The quantitative estimate of drug-likeness (QED) is 0.860. The molecule has 0 spiro atoms. The third kappa shape index (κ3) is 3.38. The lowest BCUT2D eigenvalue weighted by molar-refractivity contribution is 0.574.